The first kappa shape index (κ1) is 18.1. The van der Waals surface area contributed by atoms with Crippen molar-refractivity contribution < 1.29 is 19.8 Å². The van der Waals surface area contributed by atoms with Crippen LogP contribution in [0.1, 0.15) is 36.2 Å². The molecule has 0 saturated carbocycles. The second-order valence-corrected chi connectivity index (χ2v) is 7.62. The Kier molecular flexibility index (Phi) is 5.96. The number of esters is 1. The van der Waals surface area contributed by atoms with Crippen LogP contribution in [-0.2, 0) is 9.53 Å². The molecule has 126 valence electrons. The number of benzene rings is 1. The van der Waals surface area contributed by atoms with Crippen LogP contribution in [0.5, 0.6) is 0 Å². The molecular formula is C16H22IN2O4+. The monoisotopic (exact) mass is 433 g/mol. The predicted octanol–water partition coefficient (Wildman–Crippen LogP) is 2.37. The largest absolute Gasteiger partial charge is 0.458 e. The SMILES string of the molecule is CC(C)(OC(=O)C(I)c1ccc([N+](=O)[O-])cc1)C1CC[NH2+]CC1. The fourth-order valence-electron chi connectivity index (χ4n) is 2.92. The third-order valence-corrected chi connectivity index (χ3v) is 5.62. The first-order valence-electron chi connectivity index (χ1n) is 7.74. The average Bonchev–Trinajstić information content (AvgIpc) is 2.54. The molecule has 1 aromatic rings. The summed E-state index contributed by atoms with van der Waals surface area (Å²) in [6, 6.07) is 6.05. The zero-order valence-corrected chi connectivity index (χ0v) is 15.5. The van der Waals surface area contributed by atoms with Crippen LogP contribution in [0, 0.1) is 16.0 Å². The van der Waals surface area contributed by atoms with Crippen LogP contribution >= 0.6 is 22.6 Å². The number of nitrogens with two attached hydrogens (primary N) is 1. The predicted molar refractivity (Wildman–Crippen MR) is 94.4 cm³/mol. The molecule has 1 saturated heterocycles. The summed E-state index contributed by atoms with van der Waals surface area (Å²) in [7, 11) is 0. The standard InChI is InChI=1S/C16H21IN2O4/c1-16(2,12-7-9-18-10-8-12)23-15(20)14(17)11-3-5-13(6-4-11)19(21)22/h3-6,12,14,18H,7-10H2,1-2H3/p+1. The van der Waals surface area contributed by atoms with E-state index in [1.807, 2.05) is 36.4 Å². The molecule has 1 unspecified atom stereocenters. The molecular weight excluding hydrogens is 411 g/mol. The Hall–Kier alpha value is -1.22. The maximum absolute atomic E-state index is 12.4. The lowest BCUT2D eigenvalue weighted by Crippen LogP contribution is -2.86. The second-order valence-electron chi connectivity index (χ2n) is 6.38. The fourth-order valence-corrected chi connectivity index (χ4v) is 3.46. The van der Waals surface area contributed by atoms with E-state index in [1.165, 1.54) is 12.1 Å². The van der Waals surface area contributed by atoms with Gasteiger partial charge in [0.05, 0.1) is 18.0 Å². The first-order chi connectivity index (χ1) is 10.8. The summed E-state index contributed by atoms with van der Waals surface area (Å²) in [5.41, 5.74) is 0.244. The van der Waals surface area contributed by atoms with Crippen molar-refractivity contribution in [2.45, 2.75) is 36.2 Å². The van der Waals surface area contributed by atoms with Gasteiger partial charge in [-0.05, 0) is 19.4 Å². The van der Waals surface area contributed by atoms with Crippen LogP contribution < -0.4 is 5.32 Å². The number of ether oxygens (including phenoxy) is 1. The van der Waals surface area contributed by atoms with Gasteiger partial charge in [0, 0.05) is 30.9 Å². The minimum Gasteiger partial charge on any atom is -0.458 e. The molecule has 0 bridgehead atoms. The molecule has 23 heavy (non-hydrogen) atoms. The smallest absolute Gasteiger partial charge is 0.323 e. The van der Waals surface area contributed by atoms with Crippen LogP contribution in [0.3, 0.4) is 0 Å². The van der Waals surface area contributed by atoms with Crippen LogP contribution in [0.25, 0.3) is 0 Å². The highest BCUT2D eigenvalue weighted by Crippen LogP contribution is 2.33. The summed E-state index contributed by atoms with van der Waals surface area (Å²) in [5, 5.41) is 13.0. The molecule has 1 heterocycles. The van der Waals surface area contributed by atoms with E-state index in [0.29, 0.717) is 11.5 Å². The van der Waals surface area contributed by atoms with Gasteiger partial charge < -0.3 is 10.1 Å². The number of nitro groups is 1. The van der Waals surface area contributed by atoms with E-state index in [1.54, 1.807) is 12.1 Å². The van der Waals surface area contributed by atoms with Crippen molar-refractivity contribution in [3.8, 4) is 0 Å². The summed E-state index contributed by atoms with van der Waals surface area (Å²) in [6.45, 7) is 6.09. The molecule has 1 fully saturated rings. The number of rotatable bonds is 5. The second kappa shape index (κ2) is 7.57. The van der Waals surface area contributed by atoms with E-state index >= 15 is 0 Å². The minimum absolute atomic E-state index is 0.0181. The van der Waals surface area contributed by atoms with Gasteiger partial charge in [-0.15, -0.1) is 0 Å². The number of nitro benzene ring substituents is 1. The van der Waals surface area contributed by atoms with Crippen molar-refractivity contribution in [2.24, 2.45) is 5.92 Å². The highest BCUT2D eigenvalue weighted by atomic mass is 127. The summed E-state index contributed by atoms with van der Waals surface area (Å²) >= 11 is 2.02. The van der Waals surface area contributed by atoms with Gasteiger partial charge in [-0.1, -0.05) is 34.7 Å². The lowest BCUT2D eigenvalue weighted by molar-refractivity contribution is -0.665. The Morgan fingerprint density at radius 3 is 2.43 bits per heavy atom. The minimum atomic E-state index is -0.491. The quantitative estimate of drug-likeness (QED) is 0.254. The maximum atomic E-state index is 12.4. The number of carbonyl (C=O) groups excluding carboxylic acids is 1. The molecule has 6 nitrogen and oxygen atoms in total. The number of hydrogen-bond acceptors (Lipinski definition) is 4. The first-order valence-corrected chi connectivity index (χ1v) is 8.99. The highest BCUT2D eigenvalue weighted by molar-refractivity contribution is 14.1. The van der Waals surface area contributed by atoms with E-state index in [9.17, 15) is 14.9 Å². The van der Waals surface area contributed by atoms with Gasteiger partial charge in [-0.3, -0.25) is 14.9 Å². The summed E-state index contributed by atoms with van der Waals surface area (Å²) in [6.07, 6.45) is 2.09. The van der Waals surface area contributed by atoms with Crippen LogP contribution in [-0.4, -0.2) is 29.6 Å². The molecule has 1 aliphatic heterocycles. The van der Waals surface area contributed by atoms with Crippen molar-refractivity contribution in [3.05, 3.63) is 39.9 Å². The normalized spacial score (nSPS) is 17.5. The molecule has 2 N–H and O–H groups in total. The Balaban J connectivity index is 2.02. The Labute approximate surface area is 149 Å². The van der Waals surface area contributed by atoms with Gasteiger partial charge in [0.1, 0.15) is 9.53 Å². The zero-order valence-electron chi connectivity index (χ0n) is 13.3. The average molecular weight is 433 g/mol. The number of hydrogen-bond donors (Lipinski definition) is 1. The van der Waals surface area contributed by atoms with Crippen LogP contribution in [0.15, 0.2) is 24.3 Å². The Morgan fingerprint density at radius 2 is 1.91 bits per heavy atom. The molecule has 7 heteroatoms. The number of piperidine rings is 1. The van der Waals surface area contributed by atoms with Crippen LogP contribution in [0.4, 0.5) is 5.69 Å². The van der Waals surface area contributed by atoms with E-state index in [2.05, 4.69) is 5.32 Å². The summed E-state index contributed by atoms with van der Waals surface area (Å²) in [5.74, 6) is 0.0796. The van der Waals surface area contributed by atoms with Crippen LogP contribution in [0.2, 0.25) is 0 Å². The van der Waals surface area contributed by atoms with Gasteiger partial charge in [0.25, 0.3) is 5.69 Å². The lowest BCUT2D eigenvalue weighted by atomic mass is 9.83. The molecule has 2 rings (SSSR count). The Morgan fingerprint density at radius 1 is 1.35 bits per heavy atom. The number of quaternary nitrogens is 1. The topological polar surface area (TPSA) is 86.0 Å². The van der Waals surface area contributed by atoms with E-state index in [4.69, 9.17) is 4.74 Å². The molecule has 1 aliphatic rings. The molecule has 0 spiro atoms. The molecule has 1 aromatic carbocycles. The zero-order chi connectivity index (χ0) is 17.0. The van der Waals surface area contributed by atoms with Gasteiger partial charge in [-0.2, -0.15) is 0 Å². The van der Waals surface area contributed by atoms with Crippen molar-refractivity contribution in [2.75, 3.05) is 13.1 Å². The van der Waals surface area contributed by atoms with Crippen molar-refractivity contribution >= 4 is 34.2 Å². The summed E-state index contributed by atoms with van der Waals surface area (Å²) < 4.78 is 5.31. The molecule has 0 amide bonds. The maximum Gasteiger partial charge on any atom is 0.323 e. The van der Waals surface area contributed by atoms with Gasteiger partial charge in [0.15, 0.2) is 0 Å². The molecule has 0 aromatic heterocycles. The number of non-ortho nitro benzene ring substituents is 1. The number of alkyl halides is 1. The summed E-state index contributed by atoms with van der Waals surface area (Å²) in [4.78, 5) is 22.7. The van der Waals surface area contributed by atoms with E-state index < -0.39 is 14.4 Å². The lowest BCUT2D eigenvalue weighted by Gasteiger charge is -2.36. The molecule has 0 radical (unpaired) electrons. The third kappa shape index (κ3) is 4.63. The molecule has 1 atom stereocenters. The van der Waals surface area contributed by atoms with Gasteiger partial charge >= 0.3 is 5.97 Å². The van der Waals surface area contributed by atoms with Crippen molar-refractivity contribution in [3.63, 3.8) is 0 Å². The third-order valence-electron chi connectivity index (χ3n) is 4.39. The molecule has 0 aliphatic carbocycles. The van der Waals surface area contributed by atoms with Gasteiger partial charge in [-0.25, -0.2) is 0 Å². The Bertz CT molecular complexity index is 568. The van der Waals surface area contributed by atoms with Crippen molar-refractivity contribution in [1.29, 1.82) is 0 Å². The van der Waals surface area contributed by atoms with E-state index in [-0.39, 0.29) is 11.7 Å². The highest BCUT2D eigenvalue weighted by Gasteiger charge is 2.36. The van der Waals surface area contributed by atoms with Crippen molar-refractivity contribution in [1.82, 2.24) is 0 Å². The number of nitrogens with zero attached hydrogens (tertiary/aromatic N) is 1. The van der Waals surface area contributed by atoms with E-state index in [0.717, 1.165) is 25.9 Å². The van der Waals surface area contributed by atoms with Gasteiger partial charge in [0.2, 0.25) is 0 Å². The fraction of sp³-hybridized carbons (Fsp3) is 0.562. The number of halogens is 1. The number of carbonyl (C=O) groups is 1.